The van der Waals surface area contributed by atoms with Crippen LogP contribution in [0.1, 0.15) is 49.7 Å². The average molecular weight is 300 g/mol. The van der Waals surface area contributed by atoms with Crippen molar-refractivity contribution < 1.29 is 4.79 Å². The molecule has 1 fully saturated rings. The van der Waals surface area contributed by atoms with E-state index in [2.05, 4.69) is 41.5 Å². The van der Waals surface area contributed by atoms with E-state index in [1.807, 2.05) is 0 Å². The van der Waals surface area contributed by atoms with Crippen LogP contribution in [0.5, 0.6) is 0 Å². The van der Waals surface area contributed by atoms with Crippen LogP contribution >= 0.6 is 0 Å². The van der Waals surface area contributed by atoms with E-state index in [1.165, 1.54) is 36.8 Å². The lowest BCUT2D eigenvalue weighted by Gasteiger charge is -2.34. The van der Waals surface area contributed by atoms with Crippen molar-refractivity contribution in [1.82, 2.24) is 10.2 Å². The second-order valence-corrected chi connectivity index (χ2v) is 7.04. The van der Waals surface area contributed by atoms with Crippen LogP contribution in [-0.4, -0.2) is 30.4 Å². The van der Waals surface area contributed by atoms with Crippen molar-refractivity contribution >= 4 is 5.91 Å². The lowest BCUT2D eigenvalue weighted by molar-refractivity contribution is -0.121. The van der Waals surface area contributed by atoms with Gasteiger partial charge in [0.15, 0.2) is 0 Å². The smallest absolute Gasteiger partial charge is 0.220 e. The monoisotopic (exact) mass is 300 g/mol. The highest BCUT2D eigenvalue weighted by molar-refractivity contribution is 5.75. The molecule has 1 saturated carbocycles. The Hall–Kier alpha value is -1.35. The van der Waals surface area contributed by atoms with Crippen molar-refractivity contribution in [3.05, 3.63) is 35.4 Å². The lowest BCUT2D eigenvalue weighted by atomic mass is 9.94. The first-order chi connectivity index (χ1) is 10.7. The molecule has 22 heavy (non-hydrogen) atoms. The quantitative estimate of drug-likeness (QED) is 0.906. The van der Waals surface area contributed by atoms with E-state index in [4.69, 9.17) is 0 Å². The van der Waals surface area contributed by atoms with Gasteiger partial charge in [0.2, 0.25) is 5.91 Å². The molecule has 3 heteroatoms. The Bertz CT molecular complexity index is 508. The van der Waals surface area contributed by atoms with Crippen LogP contribution in [0.4, 0.5) is 0 Å². The van der Waals surface area contributed by atoms with Gasteiger partial charge < -0.3 is 5.32 Å². The molecule has 0 aromatic heterocycles. The van der Waals surface area contributed by atoms with Gasteiger partial charge in [-0.05, 0) is 36.9 Å². The Morgan fingerprint density at radius 1 is 1.23 bits per heavy atom. The molecular formula is C19H28N2O. The summed E-state index contributed by atoms with van der Waals surface area (Å²) in [7, 11) is 2.16. The normalized spacial score (nSPS) is 22.5. The van der Waals surface area contributed by atoms with Gasteiger partial charge in [-0.15, -0.1) is 0 Å². The van der Waals surface area contributed by atoms with Gasteiger partial charge in [-0.3, -0.25) is 9.69 Å². The standard InChI is InChI=1S/C19H28N2O/c1-21-14-17-9-5-4-8-16(17)12-18(21)13-20-19(22)11-10-15-6-2-3-7-15/h4-5,8-9,15,18H,2-3,6-7,10-14H2,1H3,(H,20,22)/t18-/m0/s1. The molecule has 1 aromatic carbocycles. The molecule has 1 N–H and O–H groups in total. The number of nitrogens with one attached hydrogen (secondary N) is 1. The molecule has 1 atom stereocenters. The predicted octanol–water partition coefficient (Wildman–Crippen LogP) is 3.13. The number of rotatable bonds is 5. The van der Waals surface area contributed by atoms with Crippen molar-refractivity contribution in [2.24, 2.45) is 5.92 Å². The number of hydrogen-bond donors (Lipinski definition) is 1. The Balaban J connectivity index is 1.44. The molecule has 0 bridgehead atoms. The van der Waals surface area contributed by atoms with Crippen LogP contribution in [-0.2, 0) is 17.8 Å². The number of fused-ring (bicyclic) bond motifs is 1. The number of benzene rings is 1. The SMILES string of the molecule is CN1Cc2ccccc2C[C@H]1CNC(=O)CCC1CCCC1. The summed E-state index contributed by atoms with van der Waals surface area (Å²) in [5, 5.41) is 3.16. The molecule has 3 rings (SSSR count). The number of amides is 1. The molecule has 0 saturated heterocycles. The minimum atomic E-state index is 0.235. The van der Waals surface area contributed by atoms with Gasteiger partial charge in [0.25, 0.3) is 0 Å². The summed E-state index contributed by atoms with van der Waals surface area (Å²) in [6, 6.07) is 9.07. The fourth-order valence-electron chi connectivity index (χ4n) is 3.90. The molecule has 1 aromatic rings. The average Bonchev–Trinajstić information content (AvgIpc) is 3.04. The topological polar surface area (TPSA) is 32.3 Å². The summed E-state index contributed by atoms with van der Waals surface area (Å²) >= 11 is 0. The molecule has 0 radical (unpaired) electrons. The third-order valence-corrected chi connectivity index (χ3v) is 5.41. The maximum atomic E-state index is 12.1. The van der Waals surface area contributed by atoms with Crippen LogP contribution in [0.15, 0.2) is 24.3 Å². The second-order valence-electron chi connectivity index (χ2n) is 7.04. The van der Waals surface area contributed by atoms with Crippen LogP contribution in [0, 0.1) is 5.92 Å². The maximum absolute atomic E-state index is 12.1. The number of likely N-dealkylation sites (N-methyl/N-ethyl adjacent to an activating group) is 1. The van der Waals surface area contributed by atoms with Crippen LogP contribution in [0.2, 0.25) is 0 Å². The fraction of sp³-hybridized carbons (Fsp3) is 0.632. The maximum Gasteiger partial charge on any atom is 0.220 e. The summed E-state index contributed by atoms with van der Waals surface area (Å²) in [6.45, 7) is 1.76. The molecule has 1 heterocycles. The molecular weight excluding hydrogens is 272 g/mol. The van der Waals surface area contributed by atoms with Crippen molar-refractivity contribution in [1.29, 1.82) is 0 Å². The second kappa shape index (κ2) is 7.28. The van der Waals surface area contributed by atoms with Crippen molar-refractivity contribution in [3.63, 3.8) is 0 Å². The zero-order valence-corrected chi connectivity index (χ0v) is 13.7. The van der Waals surface area contributed by atoms with E-state index in [-0.39, 0.29) is 5.91 Å². The third kappa shape index (κ3) is 3.89. The van der Waals surface area contributed by atoms with Crippen molar-refractivity contribution in [2.45, 2.75) is 57.5 Å². The van der Waals surface area contributed by atoms with Crippen LogP contribution in [0.3, 0.4) is 0 Å². The first-order valence-electron chi connectivity index (χ1n) is 8.76. The highest BCUT2D eigenvalue weighted by Gasteiger charge is 2.23. The summed E-state index contributed by atoms with van der Waals surface area (Å²) in [5.74, 6) is 1.04. The molecule has 2 aliphatic rings. The molecule has 0 unspecified atom stereocenters. The lowest BCUT2D eigenvalue weighted by Crippen LogP contribution is -2.45. The minimum Gasteiger partial charge on any atom is -0.355 e. The van der Waals surface area contributed by atoms with Gasteiger partial charge in [0.05, 0.1) is 0 Å². The van der Waals surface area contributed by atoms with Gasteiger partial charge in [-0.25, -0.2) is 0 Å². The number of hydrogen-bond acceptors (Lipinski definition) is 2. The number of carbonyl (C=O) groups excluding carboxylic acids is 1. The summed E-state index contributed by atoms with van der Waals surface area (Å²) < 4.78 is 0. The van der Waals surface area contributed by atoms with Gasteiger partial charge in [0.1, 0.15) is 0 Å². The van der Waals surface area contributed by atoms with E-state index in [9.17, 15) is 4.79 Å². The van der Waals surface area contributed by atoms with Crippen LogP contribution < -0.4 is 5.32 Å². The summed E-state index contributed by atoms with van der Waals surface area (Å²) in [4.78, 5) is 14.4. The predicted molar refractivity (Wildman–Crippen MR) is 89.6 cm³/mol. The van der Waals surface area contributed by atoms with Gasteiger partial charge in [0, 0.05) is 25.6 Å². The molecule has 1 aliphatic carbocycles. The molecule has 3 nitrogen and oxygen atoms in total. The molecule has 1 amide bonds. The number of carbonyl (C=O) groups is 1. The Morgan fingerprint density at radius 2 is 1.95 bits per heavy atom. The molecule has 120 valence electrons. The third-order valence-electron chi connectivity index (χ3n) is 5.41. The van der Waals surface area contributed by atoms with Gasteiger partial charge >= 0.3 is 0 Å². The highest BCUT2D eigenvalue weighted by atomic mass is 16.1. The van der Waals surface area contributed by atoms with Crippen LogP contribution in [0.25, 0.3) is 0 Å². The van der Waals surface area contributed by atoms with Crippen molar-refractivity contribution in [3.8, 4) is 0 Å². The Kier molecular flexibility index (Phi) is 5.14. The first-order valence-corrected chi connectivity index (χ1v) is 8.76. The van der Waals surface area contributed by atoms with E-state index in [1.54, 1.807) is 0 Å². The Labute approximate surface area is 134 Å². The zero-order valence-electron chi connectivity index (χ0n) is 13.7. The van der Waals surface area contributed by atoms with E-state index in [0.29, 0.717) is 12.5 Å². The van der Waals surface area contributed by atoms with E-state index >= 15 is 0 Å². The summed E-state index contributed by atoms with van der Waals surface area (Å²) in [6.07, 6.45) is 8.20. The molecule has 0 spiro atoms. The van der Waals surface area contributed by atoms with Gasteiger partial charge in [-0.1, -0.05) is 49.9 Å². The highest BCUT2D eigenvalue weighted by Crippen LogP contribution is 2.28. The number of nitrogens with zero attached hydrogens (tertiary/aromatic N) is 1. The molecule has 1 aliphatic heterocycles. The van der Waals surface area contributed by atoms with Crippen molar-refractivity contribution in [2.75, 3.05) is 13.6 Å². The van der Waals surface area contributed by atoms with E-state index < -0.39 is 0 Å². The Morgan fingerprint density at radius 3 is 2.73 bits per heavy atom. The van der Waals surface area contributed by atoms with E-state index in [0.717, 1.165) is 31.8 Å². The first kappa shape index (κ1) is 15.5. The largest absolute Gasteiger partial charge is 0.355 e. The fourth-order valence-corrected chi connectivity index (χ4v) is 3.90. The van der Waals surface area contributed by atoms with Gasteiger partial charge in [-0.2, -0.15) is 0 Å². The summed E-state index contributed by atoms with van der Waals surface area (Å²) in [5.41, 5.74) is 2.86. The zero-order chi connectivity index (χ0) is 15.4. The minimum absolute atomic E-state index is 0.235.